The minimum atomic E-state index is 0.248. The van der Waals surface area contributed by atoms with Crippen molar-refractivity contribution in [3.63, 3.8) is 0 Å². The maximum atomic E-state index is 11.8. The molecule has 0 aromatic carbocycles. The Morgan fingerprint density at radius 2 is 1.85 bits per heavy atom. The topological polar surface area (TPSA) is 34.4 Å². The highest BCUT2D eigenvalue weighted by Gasteiger charge is 2.24. The van der Waals surface area contributed by atoms with E-state index in [-0.39, 0.29) is 5.92 Å². The zero-order valence-electron chi connectivity index (χ0n) is 8.62. The van der Waals surface area contributed by atoms with Crippen molar-refractivity contribution in [1.29, 1.82) is 0 Å². The molecule has 1 rings (SSSR count). The second kappa shape index (κ2) is 5.22. The van der Waals surface area contributed by atoms with Gasteiger partial charge in [0.15, 0.2) is 0 Å². The van der Waals surface area contributed by atoms with Gasteiger partial charge in [-0.05, 0) is 26.7 Å². The van der Waals surface area contributed by atoms with Gasteiger partial charge in [-0.3, -0.25) is 4.79 Å². The van der Waals surface area contributed by atoms with E-state index in [0.29, 0.717) is 5.91 Å². The Hall–Kier alpha value is -0.570. The summed E-state index contributed by atoms with van der Waals surface area (Å²) in [6.07, 6.45) is 1.91. The highest BCUT2D eigenvalue weighted by molar-refractivity contribution is 5.78. The van der Waals surface area contributed by atoms with Crippen molar-refractivity contribution < 1.29 is 4.79 Å². The van der Waals surface area contributed by atoms with E-state index in [1.165, 1.54) is 0 Å². The molecule has 13 heavy (non-hydrogen) atoms. The fraction of sp³-hybridized carbons (Fsp3) is 0.900. The second-order valence-electron chi connectivity index (χ2n) is 3.46. The number of piperidine rings is 1. The summed E-state index contributed by atoms with van der Waals surface area (Å²) in [4.78, 5) is 13.8. The van der Waals surface area contributed by atoms with Gasteiger partial charge in [-0.25, -0.2) is 5.32 Å². The van der Waals surface area contributed by atoms with Crippen LogP contribution in [-0.4, -0.2) is 37.0 Å². The summed E-state index contributed by atoms with van der Waals surface area (Å²) in [7, 11) is 0. The summed E-state index contributed by atoms with van der Waals surface area (Å²) in [5.41, 5.74) is 0. The molecule has 0 unspecified atom stereocenters. The number of rotatable bonds is 3. The number of hydrogen-bond donors (Lipinski definition) is 0. The highest BCUT2D eigenvalue weighted by atomic mass is 16.2. The van der Waals surface area contributed by atoms with E-state index in [2.05, 4.69) is 5.32 Å². The first-order chi connectivity index (χ1) is 6.29. The molecule has 0 bridgehead atoms. The van der Waals surface area contributed by atoms with Crippen LogP contribution in [-0.2, 0) is 4.79 Å². The molecule has 0 aromatic rings. The number of nitrogens with zero attached hydrogens (tertiary/aromatic N) is 2. The van der Waals surface area contributed by atoms with Gasteiger partial charge in [-0.2, -0.15) is 0 Å². The molecule has 3 heteroatoms. The molecule has 1 aliphatic heterocycles. The van der Waals surface area contributed by atoms with Crippen LogP contribution < -0.4 is 5.32 Å². The molecular weight excluding hydrogens is 164 g/mol. The smallest absolute Gasteiger partial charge is 0.225 e. The van der Waals surface area contributed by atoms with Crippen LogP contribution in [0.3, 0.4) is 0 Å². The van der Waals surface area contributed by atoms with Crippen molar-refractivity contribution >= 4 is 5.91 Å². The number of amides is 1. The zero-order valence-corrected chi connectivity index (χ0v) is 8.62. The lowest BCUT2D eigenvalue weighted by atomic mass is 9.96. The van der Waals surface area contributed by atoms with Crippen LogP contribution in [0.5, 0.6) is 0 Å². The fourth-order valence-electron chi connectivity index (χ4n) is 1.79. The van der Waals surface area contributed by atoms with E-state index in [4.69, 9.17) is 0 Å². The number of hydrogen-bond acceptors (Lipinski definition) is 1. The van der Waals surface area contributed by atoms with Gasteiger partial charge in [0.1, 0.15) is 0 Å². The Kier molecular flexibility index (Phi) is 4.22. The van der Waals surface area contributed by atoms with Crippen molar-refractivity contribution in [3.05, 3.63) is 0 Å². The Labute approximate surface area is 80.5 Å². The molecule has 1 aliphatic rings. The van der Waals surface area contributed by atoms with Gasteiger partial charge in [0, 0.05) is 32.1 Å². The lowest BCUT2D eigenvalue weighted by Gasteiger charge is -2.27. The van der Waals surface area contributed by atoms with Gasteiger partial charge in [0.25, 0.3) is 0 Å². The first-order valence-corrected chi connectivity index (χ1v) is 5.21. The van der Waals surface area contributed by atoms with Crippen LogP contribution in [0.4, 0.5) is 0 Å². The van der Waals surface area contributed by atoms with E-state index in [0.717, 1.165) is 39.0 Å². The Balaban J connectivity index is 2.44. The third-order valence-electron chi connectivity index (χ3n) is 2.70. The molecule has 1 saturated heterocycles. The molecule has 0 aliphatic carbocycles. The normalized spacial score (nSPS) is 18.6. The molecule has 0 spiro atoms. The SMILES string of the molecule is CCN(CC)C(=O)C1CC[N]CC1. The third kappa shape index (κ3) is 2.69. The van der Waals surface area contributed by atoms with Crippen molar-refractivity contribution in [1.82, 2.24) is 10.2 Å². The Morgan fingerprint density at radius 1 is 1.31 bits per heavy atom. The van der Waals surface area contributed by atoms with Crippen LogP contribution in [0.25, 0.3) is 0 Å². The van der Waals surface area contributed by atoms with Crippen LogP contribution >= 0.6 is 0 Å². The van der Waals surface area contributed by atoms with Gasteiger partial charge >= 0.3 is 0 Å². The van der Waals surface area contributed by atoms with Gasteiger partial charge in [-0.15, -0.1) is 0 Å². The Bertz CT molecular complexity index is 160. The van der Waals surface area contributed by atoms with Crippen molar-refractivity contribution in [2.75, 3.05) is 26.2 Å². The summed E-state index contributed by atoms with van der Waals surface area (Å²) in [6.45, 7) is 7.49. The van der Waals surface area contributed by atoms with Gasteiger partial charge in [-0.1, -0.05) is 0 Å². The molecule has 0 atom stereocenters. The first-order valence-electron chi connectivity index (χ1n) is 5.21. The molecule has 3 nitrogen and oxygen atoms in total. The van der Waals surface area contributed by atoms with Crippen molar-refractivity contribution in [2.45, 2.75) is 26.7 Å². The summed E-state index contributed by atoms with van der Waals surface area (Å²) in [5, 5.41) is 4.25. The molecule has 0 saturated carbocycles. The largest absolute Gasteiger partial charge is 0.343 e. The molecule has 75 valence electrons. The standard InChI is InChI=1S/C10H19N2O/c1-3-12(4-2)10(13)9-5-7-11-8-6-9/h9H,3-8H2,1-2H3. The van der Waals surface area contributed by atoms with Crippen LogP contribution in [0.15, 0.2) is 0 Å². The summed E-state index contributed by atoms with van der Waals surface area (Å²) in [5.74, 6) is 0.581. The predicted molar refractivity (Wildman–Crippen MR) is 52.5 cm³/mol. The van der Waals surface area contributed by atoms with E-state index in [1.54, 1.807) is 0 Å². The predicted octanol–water partition coefficient (Wildman–Crippen LogP) is 0.869. The number of carbonyl (C=O) groups is 1. The molecule has 1 fully saturated rings. The molecule has 0 aromatic heterocycles. The zero-order chi connectivity index (χ0) is 9.68. The number of carbonyl (C=O) groups excluding carboxylic acids is 1. The van der Waals surface area contributed by atoms with Crippen LogP contribution in [0, 0.1) is 5.92 Å². The van der Waals surface area contributed by atoms with Gasteiger partial charge in [0.05, 0.1) is 0 Å². The van der Waals surface area contributed by atoms with E-state index in [9.17, 15) is 4.79 Å². The van der Waals surface area contributed by atoms with Gasteiger partial charge < -0.3 is 4.90 Å². The first kappa shape index (κ1) is 10.5. The highest BCUT2D eigenvalue weighted by Crippen LogP contribution is 2.15. The molecule has 1 radical (unpaired) electrons. The third-order valence-corrected chi connectivity index (χ3v) is 2.70. The molecular formula is C10H19N2O. The second-order valence-corrected chi connectivity index (χ2v) is 3.46. The molecule has 0 N–H and O–H groups in total. The van der Waals surface area contributed by atoms with Crippen molar-refractivity contribution in [3.8, 4) is 0 Å². The van der Waals surface area contributed by atoms with Crippen LogP contribution in [0.1, 0.15) is 26.7 Å². The maximum absolute atomic E-state index is 11.8. The quantitative estimate of drug-likeness (QED) is 0.639. The average Bonchev–Trinajstić information content (AvgIpc) is 2.21. The van der Waals surface area contributed by atoms with Crippen molar-refractivity contribution in [2.24, 2.45) is 5.92 Å². The summed E-state index contributed by atoms with van der Waals surface area (Å²) >= 11 is 0. The summed E-state index contributed by atoms with van der Waals surface area (Å²) < 4.78 is 0. The lowest BCUT2D eigenvalue weighted by molar-refractivity contribution is -0.135. The minimum absolute atomic E-state index is 0.248. The molecule has 1 amide bonds. The van der Waals surface area contributed by atoms with E-state index in [1.807, 2.05) is 18.7 Å². The monoisotopic (exact) mass is 183 g/mol. The minimum Gasteiger partial charge on any atom is -0.343 e. The van der Waals surface area contributed by atoms with E-state index < -0.39 is 0 Å². The summed E-state index contributed by atoms with van der Waals surface area (Å²) in [6, 6.07) is 0. The van der Waals surface area contributed by atoms with E-state index >= 15 is 0 Å². The van der Waals surface area contributed by atoms with Gasteiger partial charge in [0.2, 0.25) is 5.91 Å². The lowest BCUT2D eigenvalue weighted by Crippen LogP contribution is -2.39. The fourth-order valence-corrected chi connectivity index (χ4v) is 1.79. The van der Waals surface area contributed by atoms with Crippen LogP contribution in [0.2, 0.25) is 0 Å². The molecule has 1 heterocycles. The maximum Gasteiger partial charge on any atom is 0.225 e. The Morgan fingerprint density at radius 3 is 2.31 bits per heavy atom. The average molecular weight is 183 g/mol.